The number of fused-ring (bicyclic) bond motifs is 2. The van der Waals surface area contributed by atoms with Gasteiger partial charge >= 0.3 is 0 Å². The number of benzene rings is 2. The summed E-state index contributed by atoms with van der Waals surface area (Å²) in [7, 11) is 4.33. The van der Waals surface area contributed by atoms with Crippen molar-refractivity contribution in [3.63, 3.8) is 0 Å². The molecule has 2 aliphatic rings. The largest absolute Gasteiger partial charge is 0.347 e. The minimum Gasteiger partial charge on any atom is -0.347 e. The van der Waals surface area contributed by atoms with E-state index in [2.05, 4.69) is 144 Å². The summed E-state index contributed by atoms with van der Waals surface area (Å²) >= 11 is 0. The van der Waals surface area contributed by atoms with Gasteiger partial charge < -0.3 is 4.90 Å². The van der Waals surface area contributed by atoms with Gasteiger partial charge in [0.15, 0.2) is 5.71 Å². The van der Waals surface area contributed by atoms with Crippen molar-refractivity contribution in [1.29, 1.82) is 0 Å². The first kappa shape index (κ1) is 23.0. The highest BCUT2D eigenvalue weighted by atomic mass is 15.2. The molecule has 2 aromatic carbocycles. The van der Waals surface area contributed by atoms with Crippen LogP contribution in [0.4, 0.5) is 11.4 Å². The van der Waals surface area contributed by atoms with Crippen molar-refractivity contribution in [1.82, 2.24) is 0 Å². The van der Waals surface area contributed by atoms with E-state index in [1.54, 1.807) is 0 Å². The molecule has 4 rings (SSSR count). The fourth-order valence-electron chi connectivity index (χ4n) is 5.39. The molecule has 2 nitrogen and oxygen atoms in total. The lowest BCUT2D eigenvalue weighted by Crippen LogP contribution is -2.26. The average Bonchev–Trinajstić information content (AvgIpc) is 3.06. The van der Waals surface area contributed by atoms with Gasteiger partial charge in [-0.3, -0.25) is 0 Å². The topological polar surface area (TPSA) is 6.25 Å². The number of nitrogens with zero attached hydrogens (tertiary/aromatic N) is 2. The number of hydrogen-bond acceptors (Lipinski definition) is 1. The van der Waals surface area contributed by atoms with E-state index in [0.29, 0.717) is 0 Å². The second-order valence-electron chi connectivity index (χ2n) is 10.5. The molecule has 0 fully saturated rings. The molecule has 2 aromatic rings. The minimum absolute atomic E-state index is 0.00665. The molecule has 33 heavy (non-hydrogen) atoms. The molecule has 2 heteroatoms. The van der Waals surface area contributed by atoms with Gasteiger partial charge in [-0.2, -0.15) is 4.58 Å². The van der Waals surface area contributed by atoms with Gasteiger partial charge in [-0.05, 0) is 51.5 Å². The zero-order chi connectivity index (χ0) is 24.0. The summed E-state index contributed by atoms with van der Waals surface area (Å²) in [4.78, 5) is 2.32. The molecule has 0 saturated carbocycles. The van der Waals surface area contributed by atoms with Crippen LogP contribution in [0.1, 0.15) is 49.9 Å². The molecule has 2 aliphatic heterocycles. The summed E-state index contributed by atoms with van der Waals surface area (Å²) < 4.78 is 2.32. The van der Waals surface area contributed by atoms with Gasteiger partial charge in [-0.15, -0.1) is 0 Å². The van der Waals surface area contributed by atoms with Crippen LogP contribution >= 0.6 is 0 Å². The van der Waals surface area contributed by atoms with Gasteiger partial charge in [-0.25, -0.2) is 0 Å². The van der Waals surface area contributed by atoms with Crippen molar-refractivity contribution in [3.8, 4) is 0 Å². The highest BCUT2D eigenvalue weighted by Crippen LogP contribution is 2.47. The van der Waals surface area contributed by atoms with Crippen molar-refractivity contribution >= 4 is 17.1 Å². The highest BCUT2D eigenvalue weighted by Gasteiger charge is 2.42. The molecule has 0 saturated heterocycles. The first-order chi connectivity index (χ1) is 15.5. The van der Waals surface area contributed by atoms with Gasteiger partial charge in [-0.1, -0.05) is 73.6 Å². The van der Waals surface area contributed by atoms with E-state index in [4.69, 9.17) is 0 Å². The highest BCUT2D eigenvalue weighted by molar-refractivity contribution is 6.03. The molecule has 2 heterocycles. The van der Waals surface area contributed by atoms with Crippen LogP contribution in [0.5, 0.6) is 0 Å². The Morgan fingerprint density at radius 3 is 2.09 bits per heavy atom. The Labute approximate surface area is 200 Å². The fraction of sp³-hybridized carbons (Fsp3) is 0.323. The monoisotopic (exact) mass is 437 g/mol. The second-order valence-corrected chi connectivity index (χ2v) is 10.5. The van der Waals surface area contributed by atoms with Gasteiger partial charge in [0.1, 0.15) is 7.05 Å². The third kappa shape index (κ3) is 3.93. The Morgan fingerprint density at radius 1 is 0.758 bits per heavy atom. The standard InChI is InChI=1S/C31H37N2/c1-22-16-18-26-24(20-22)30(3,4)28(32(26)7)14-12-10-9-11-13-15-29-31(5,6)25-21-23(2)17-19-27(25)33(29)8/h9-21H,1-8H3/q+1. The van der Waals surface area contributed by atoms with Gasteiger partial charge in [0, 0.05) is 41.6 Å². The third-order valence-electron chi connectivity index (χ3n) is 7.33. The predicted octanol–water partition coefficient (Wildman–Crippen LogP) is 7.29. The molecule has 0 unspecified atom stereocenters. The molecular weight excluding hydrogens is 400 g/mol. The van der Waals surface area contributed by atoms with Crippen LogP contribution in [0.3, 0.4) is 0 Å². The van der Waals surface area contributed by atoms with Crippen LogP contribution in [-0.4, -0.2) is 24.4 Å². The van der Waals surface area contributed by atoms with Crippen molar-refractivity contribution in [2.45, 2.75) is 52.4 Å². The Balaban J connectivity index is 1.47. The normalized spacial score (nSPS) is 20.1. The molecule has 0 atom stereocenters. The molecular formula is C31H37N2+. The first-order valence-corrected chi connectivity index (χ1v) is 11.8. The van der Waals surface area contributed by atoms with E-state index >= 15 is 0 Å². The Kier molecular flexibility index (Phi) is 5.82. The van der Waals surface area contributed by atoms with Gasteiger partial charge in [0.25, 0.3) is 0 Å². The molecule has 0 bridgehead atoms. The van der Waals surface area contributed by atoms with Crippen LogP contribution in [0, 0.1) is 13.8 Å². The van der Waals surface area contributed by atoms with Crippen LogP contribution < -0.4 is 4.90 Å². The maximum atomic E-state index is 2.32. The molecule has 170 valence electrons. The molecule has 0 spiro atoms. The van der Waals surface area contributed by atoms with Crippen LogP contribution in [0.15, 0.2) is 84.6 Å². The second kappa shape index (κ2) is 8.33. The maximum absolute atomic E-state index is 2.32. The SMILES string of the molecule is Cc1ccc2c(c1)C(C)(C)C(=CC=CC=CC=CC1=[N+](C)c3ccc(C)cc3C1(C)C)N2C. The lowest BCUT2D eigenvalue weighted by atomic mass is 9.81. The lowest BCUT2D eigenvalue weighted by molar-refractivity contribution is -0.401. The first-order valence-electron chi connectivity index (χ1n) is 11.8. The summed E-state index contributed by atoms with van der Waals surface area (Å²) in [5.41, 5.74) is 10.7. The van der Waals surface area contributed by atoms with Crippen molar-refractivity contribution in [3.05, 3.63) is 107 Å². The van der Waals surface area contributed by atoms with Crippen LogP contribution in [-0.2, 0) is 10.8 Å². The van der Waals surface area contributed by atoms with E-state index in [0.717, 1.165) is 0 Å². The Bertz CT molecular complexity index is 1250. The smallest absolute Gasteiger partial charge is 0.209 e. The number of aryl methyl sites for hydroxylation is 2. The Hall–Kier alpha value is -3.13. The number of hydrogen-bond donors (Lipinski definition) is 0. The van der Waals surface area contributed by atoms with Crippen molar-refractivity contribution in [2.24, 2.45) is 0 Å². The summed E-state index contributed by atoms with van der Waals surface area (Å²) in [6.07, 6.45) is 15.1. The Morgan fingerprint density at radius 2 is 1.36 bits per heavy atom. The molecule has 0 radical (unpaired) electrons. The van der Waals surface area contributed by atoms with E-state index < -0.39 is 0 Å². The minimum atomic E-state index is 0.00665. The predicted molar refractivity (Wildman–Crippen MR) is 143 cm³/mol. The zero-order valence-corrected chi connectivity index (χ0v) is 21.4. The summed E-state index contributed by atoms with van der Waals surface area (Å²) in [5, 5.41) is 0. The fourth-order valence-corrected chi connectivity index (χ4v) is 5.39. The zero-order valence-electron chi connectivity index (χ0n) is 21.4. The number of allylic oxidation sites excluding steroid dienone is 8. The number of likely N-dealkylation sites (N-methyl/N-ethyl adjacent to an activating group) is 1. The lowest BCUT2D eigenvalue weighted by Gasteiger charge is -2.23. The van der Waals surface area contributed by atoms with E-state index in [1.165, 1.54) is 45.0 Å². The van der Waals surface area contributed by atoms with E-state index in [-0.39, 0.29) is 10.8 Å². The molecule has 0 aromatic heterocycles. The molecule has 0 aliphatic carbocycles. The number of anilines is 1. The van der Waals surface area contributed by atoms with Gasteiger partial charge in [0.05, 0.1) is 5.41 Å². The van der Waals surface area contributed by atoms with Gasteiger partial charge in [0.2, 0.25) is 5.69 Å². The van der Waals surface area contributed by atoms with E-state index in [1.807, 2.05) is 0 Å². The molecule has 0 N–H and O–H groups in total. The van der Waals surface area contributed by atoms with Crippen molar-refractivity contribution < 1.29 is 4.58 Å². The third-order valence-corrected chi connectivity index (χ3v) is 7.33. The quantitative estimate of drug-likeness (QED) is 0.359. The van der Waals surface area contributed by atoms with Crippen molar-refractivity contribution in [2.75, 3.05) is 19.0 Å². The van der Waals surface area contributed by atoms with Crippen LogP contribution in [0.2, 0.25) is 0 Å². The summed E-state index contributed by atoms with van der Waals surface area (Å²) in [6, 6.07) is 13.5. The summed E-state index contributed by atoms with van der Waals surface area (Å²) in [5.74, 6) is 0. The number of rotatable bonds is 4. The average molecular weight is 438 g/mol. The maximum Gasteiger partial charge on any atom is 0.209 e. The molecule has 0 amide bonds. The van der Waals surface area contributed by atoms with E-state index in [9.17, 15) is 0 Å². The van der Waals surface area contributed by atoms with Crippen LogP contribution in [0.25, 0.3) is 0 Å². The summed E-state index contributed by atoms with van der Waals surface area (Å²) in [6.45, 7) is 13.6.